The first-order chi connectivity index (χ1) is 8.05. The second kappa shape index (κ2) is 4.64. The van der Waals surface area contributed by atoms with Crippen LogP contribution in [0.3, 0.4) is 0 Å². The standard InChI is InChI=1S/C10H10ClNO4S/c11-6-1-4-17-7(6)8(13)12-10(9(14)15)2-3-16-5-10/h1,4H,2-3,5H2,(H,12,13)(H,14,15). The highest BCUT2D eigenvalue weighted by atomic mass is 35.5. The summed E-state index contributed by atoms with van der Waals surface area (Å²) < 4.78 is 5.05. The lowest BCUT2D eigenvalue weighted by Crippen LogP contribution is -2.55. The highest BCUT2D eigenvalue weighted by Crippen LogP contribution is 2.25. The third kappa shape index (κ3) is 2.29. The zero-order valence-electron chi connectivity index (χ0n) is 8.73. The number of halogens is 1. The smallest absolute Gasteiger partial charge is 0.331 e. The largest absolute Gasteiger partial charge is 0.479 e. The van der Waals surface area contributed by atoms with Gasteiger partial charge in [-0.05, 0) is 11.4 Å². The van der Waals surface area contributed by atoms with Crippen molar-refractivity contribution in [2.45, 2.75) is 12.0 Å². The number of amides is 1. The molecule has 92 valence electrons. The quantitative estimate of drug-likeness (QED) is 0.874. The minimum absolute atomic E-state index is 0.0168. The third-order valence-electron chi connectivity index (χ3n) is 2.61. The van der Waals surface area contributed by atoms with Crippen LogP contribution in [0.2, 0.25) is 5.02 Å². The predicted molar refractivity (Wildman–Crippen MR) is 62.6 cm³/mol. The van der Waals surface area contributed by atoms with E-state index >= 15 is 0 Å². The fourth-order valence-corrected chi connectivity index (χ4v) is 2.65. The number of thiophene rings is 1. The Kier molecular flexibility index (Phi) is 3.37. The van der Waals surface area contributed by atoms with Gasteiger partial charge in [0.05, 0.1) is 11.6 Å². The van der Waals surface area contributed by atoms with Gasteiger partial charge < -0.3 is 15.2 Å². The Labute approximate surface area is 106 Å². The van der Waals surface area contributed by atoms with Crippen LogP contribution in [0.5, 0.6) is 0 Å². The van der Waals surface area contributed by atoms with Crippen LogP contribution >= 0.6 is 22.9 Å². The van der Waals surface area contributed by atoms with Gasteiger partial charge in [-0.2, -0.15) is 0 Å². The summed E-state index contributed by atoms with van der Waals surface area (Å²) in [5.41, 5.74) is -1.33. The maximum Gasteiger partial charge on any atom is 0.331 e. The van der Waals surface area contributed by atoms with Gasteiger partial charge in [0.1, 0.15) is 4.88 Å². The molecular formula is C10H10ClNO4S. The zero-order valence-corrected chi connectivity index (χ0v) is 10.3. The number of carboxylic acids is 1. The molecule has 1 aromatic rings. The first kappa shape index (κ1) is 12.3. The summed E-state index contributed by atoms with van der Waals surface area (Å²) in [5.74, 6) is -1.56. The van der Waals surface area contributed by atoms with Crippen molar-refractivity contribution < 1.29 is 19.4 Å². The Morgan fingerprint density at radius 1 is 1.59 bits per heavy atom. The van der Waals surface area contributed by atoms with E-state index in [9.17, 15) is 9.59 Å². The Bertz CT molecular complexity index is 453. The van der Waals surface area contributed by atoms with Crippen LogP contribution in [-0.4, -0.2) is 35.7 Å². The summed E-state index contributed by atoms with van der Waals surface area (Å²) in [4.78, 5) is 23.4. The van der Waals surface area contributed by atoms with Crippen molar-refractivity contribution in [2.24, 2.45) is 0 Å². The molecule has 1 fully saturated rings. The number of carbonyl (C=O) groups is 2. The van der Waals surface area contributed by atoms with Crippen molar-refractivity contribution >= 4 is 34.8 Å². The van der Waals surface area contributed by atoms with Crippen LogP contribution in [0.25, 0.3) is 0 Å². The van der Waals surface area contributed by atoms with Gasteiger partial charge in [0.25, 0.3) is 5.91 Å². The number of hydrogen-bond acceptors (Lipinski definition) is 4. The maximum absolute atomic E-state index is 11.9. The number of ether oxygens (including phenoxy) is 1. The molecule has 0 spiro atoms. The number of hydrogen-bond donors (Lipinski definition) is 2. The Morgan fingerprint density at radius 3 is 2.82 bits per heavy atom. The number of aliphatic carboxylic acids is 1. The maximum atomic E-state index is 11.9. The van der Waals surface area contributed by atoms with E-state index in [1.165, 1.54) is 11.3 Å². The van der Waals surface area contributed by atoms with Crippen LogP contribution < -0.4 is 5.32 Å². The van der Waals surface area contributed by atoms with Gasteiger partial charge >= 0.3 is 5.97 Å². The third-order valence-corrected chi connectivity index (χ3v) is 3.95. The fraction of sp³-hybridized carbons (Fsp3) is 0.400. The van der Waals surface area contributed by atoms with E-state index in [0.29, 0.717) is 16.5 Å². The topological polar surface area (TPSA) is 75.6 Å². The molecule has 1 aromatic heterocycles. The van der Waals surface area contributed by atoms with Crippen molar-refractivity contribution in [3.05, 3.63) is 21.3 Å². The number of rotatable bonds is 3. The molecule has 5 nitrogen and oxygen atoms in total. The molecule has 2 heterocycles. The van der Waals surface area contributed by atoms with Crippen molar-refractivity contribution in [3.8, 4) is 0 Å². The first-order valence-electron chi connectivity index (χ1n) is 4.92. The van der Waals surface area contributed by atoms with Gasteiger partial charge in [-0.3, -0.25) is 4.79 Å². The van der Waals surface area contributed by atoms with Gasteiger partial charge in [0.15, 0.2) is 5.54 Å². The Hall–Kier alpha value is -1.11. The van der Waals surface area contributed by atoms with Crippen molar-refractivity contribution in [1.29, 1.82) is 0 Å². The van der Waals surface area contributed by atoms with E-state index in [-0.39, 0.29) is 13.0 Å². The first-order valence-corrected chi connectivity index (χ1v) is 6.17. The SMILES string of the molecule is O=C(NC1(C(=O)O)CCOC1)c1sccc1Cl. The van der Waals surface area contributed by atoms with Gasteiger partial charge in [0.2, 0.25) is 0 Å². The molecule has 2 rings (SSSR count). The molecule has 1 amide bonds. The summed E-state index contributed by atoms with van der Waals surface area (Å²) in [5, 5.41) is 13.7. The van der Waals surface area contributed by atoms with Crippen LogP contribution in [0.1, 0.15) is 16.1 Å². The monoisotopic (exact) mass is 275 g/mol. The highest BCUT2D eigenvalue weighted by molar-refractivity contribution is 7.12. The number of carbonyl (C=O) groups excluding carboxylic acids is 1. The van der Waals surface area contributed by atoms with E-state index in [0.717, 1.165) is 0 Å². The summed E-state index contributed by atoms with van der Waals surface area (Å²) in [7, 11) is 0. The molecule has 0 radical (unpaired) electrons. The summed E-state index contributed by atoms with van der Waals surface area (Å²) >= 11 is 6.99. The summed E-state index contributed by atoms with van der Waals surface area (Å²) in [6.45, 7) is 0.307. The summed E-state index contributed by atoms with van der Waals surface area (Å²) in [6, 6.07) is 1.60. The van der Waals surface area contributed by atoms with Crippen LogP contribution in [0.15, 0.2) is 11.4 Å². The molecule has 2 N–H and O–H groups in total. The van der Waals surface area contributed by atoms with E-state index < -0.39 is 17.4 Å². The average molecular weight is 276 g/mol. The molecule has 1 saturated heterocycles. The lowest BCUT2D eigenvalue weighted by Gasteiger charge is -2.23. The van der Waals surface area contributed by atoms with Crippen LogP contribution in [0.4, 0.5) is 0 Å². The van der Waals surface area contributed by atoms with Gasteiger partial charge in [-0.15, -0.1) is 11.3 Å². The number of carboxylic acid groups (broad SMARTS) is 1. The molecule has 1 aliphatic rings. The van der Waals surface area contributed by atoms with Gasteiger partial charge in [-0.1, -0.05) is 11.6 Å². The fourth-order valence-electron chi connectivity index (χ4n) is 1.62. The molecule has 0 aliphatic carbocycles. The molecule has 1 atom stereocenters. The molecule has 1 aliphatic heterocycles. The second-order valence-electron chi connectivity index (χ2n) is 3.74. The molecule has 1 unspecified atom stereocenters. The van der Waals surface area contributed by atoms with E-state index in [1.807, 2.05) is 0 Å². The van der Waals surface area contributed by atoms with Gasteiger partial charge in [0, 0.05) is 13.0 Å². The summed E-state index contributed by atoms with van der Waals surface area (Å²) in [6.07, 6.45) is 0.261. The van der Waals surface area contributed by atoms with E-state index in [2.05, 4.69) is 5.32 Å². The number of nitrogens with one attached hydrogen (secondary N) is 1. The lowest BCUT2D eigenvalue weighted by atomic mass is 9.99. The second-order valence-corrected chi connectivity index (χ2v) is 5.06. The highest BCUT2D eigenvalue weighted by Gasteiger charge is 2.44. The van der Waals surface area contributed by atoms with Gasteiger partial charge in [-0.25, -0.2) is 4.79 Å². The Morgan fingerprint density at radius 2 is 2.35 bits per heavy atom. The van der Waals surface area contributed by atoms with Crippen LogP contribution in [0, 0.1) is 0 Å². The van der Waals surface area contributed by atoms with Crippen molar-refractivity contribution in [2.75, 3.05) is 13.2 Å². The molecule has 0 bridgehead atoms. The predicted octanol–water partition coefficient (Wildman–Crippen LogP) is 1.37. The molecular weight excluding hydrogens is 266 g/mol. The minimum Gasteiger partial charge on any atom is -0.479 e. The van der Waals surface area contributed by atoms with E-state index in [1.54, 1.807) is 11.4 Å². The Balaban J connectivity index is 2.17. The lowest BCUT2D eigenvalue weighted by molar-refractivity contribution is -0.144. The molecule has 0 aromatic carbocycles. The van der Waals surface area contributed by atoms with Crippen molar-refractivity contribution in [1.82, 2.24) is 5.32 Å². The molecule has 0 saturated carbocycles. The average Bonchev–Trinajstić information content (AvgIpc) is 2.87. The normalized spacial score (nSPS) is 23.6. The van der Waals surface area contributed by atoms with Crippen molar-refractivity contribution in [3.63, 3.8) is 0 Å². The molecule has 17 heavy (non-hydrogen) atoms. The molecule has 7 heteroatoms. The van der Waals surface area contributed by atoms with E-state index in [4.69, 9.17) is 21.4 Å². The zero-order chi connectivity index (χ0) is 12.5. The van der Waals surface area contributed by atoms with Crippen LogP contribution in [-0.2, 0) is 9.53 Å². The minimum atomic E-state index is -1.33.